The number of anilines is 1. The fraction of sp³-hybridized carbons (Fsp3) is 0.381. The molecule has 0 saturated heterocycles. The van der Waals surface area contributed by atoms with Crippen LogP contribution in [0.4, 0.5) is 5.69 Å². The van der Waals surface area contributed by atoms with Crippen molar-refractivity contribution in [3.63, 3.8) is 0 Å². The molecule has 2 atom stereocenters. The number of likely N-dealkylation sites (N-methyl/N-ethyl adjacent to an activating group) is 1. The summed E-state index contributed by atoms with van der Waals surface area (Å²) >= 11 is 12.3. The zero-order valence-corrected chi connectivity index (χ0v) is 18.9. The summed E-state index contributed by atoms with van der Waals surface area (Å²) in [6.45, 7) is -0.446. The number of sulfonamides is 1. The van der Waals surface area contributed by atoms with Crippen molar-refractivity contribution in [2.24, 2.45) is 0 Å². The third kappa shape index (κ3) is 4.91. The fourth-order valence-corrected chi connectivity index (χ4v) is 5.68. The molecule has 1 N–H and O–H groups in total. The molecule has 1 fully saturated rings. The highest BCUT2D eigenvalue weighted by Crippen LogP contribution is 2.33. The van der Waals surface area contributed by atoms with E-state index in [0.717, 1.165) is 17.1 Å². The summed E-state index contributed by atoms with van der Waals surface area (Å²) in [5.74, 6) is -0.425. The molecule has 3 rings (SSSR count). The molecule has 0 bridgehead atoms. The van der Waals surface area contributed by atoms with E-state index in [0.29, 0.717) is 17.9 Å². The summed E-state index contributed by atoms with van der Waals surface area (Å²) in [6.07, 6.45) is 2.50. The van der Waals surface area contributed by atoms with E-state index in [1.807, 2.05) is 0 Å². The first-order valence-corrected chi connectivity index (χ1v) is 11.9. The van der Waals surface area contributed by atoms with E-state index in [1.165, 1.54) is 35.2 Å². The van der Waals surface area contributed by atoms with Crippen LogP contribution in [0.1, 0.15) is 25.7 Å². The minimum atomic E-state index is -4.07. The van der Waals surface area contributed by atoms with Crippen LogP contribution < -0.4 is 4.31 Å². The molecule has 0 aliphatic heterocycles. The first-order valence-electron chi connectivity index (χ1n) is 9.68. The molecule has 9 heteroatoms. The molecule has 0 radical (unpaired) electrons. The van der Waals surface area contributed by atoms with E-state index in [-0.39, 0.29) is 21.6 Å². The van der Waals surface area contributed by atoms with Crippen molar-refractivity contribution in [3.05, 3.63) is 58.6 Å². The lowest BCUT2D eigenvalue weighted by Crippen LogP contribution is -2.50. The van der Waals surface area contributed by atoms with Crippen LogP contribution in [0, 0.1) is 0 Å². The summed E-state index contributed by atoms with van der Waals surface area (Å²) in [5.41, 5.74) is 0.163. The van der Waals surface area contributed by atoms with E-state index in [1.54, 1.807) is 25.2 Å². The van der Waals surface area contributed by atoms with E-state index in [9.17, 15) is 18.3 Å². The van der Waals surface area contributed by atoms with Crippen LogP contribution in [0.2, 0.25) is 10.0 Å². The third-order valence-corrected chi connectivity index (χ3v) is 7.69. The molecule has 0 heterocycles. The maximum Gasteiger partial charge on any atom is 0.264 e. The van der Waals surface area contributed by atoms with Gasteiger partial charge in [-0.15, -0.1) is 0 Å². The second-order valence-electron chi connectivity index (χ2n) is 7.34. The standard InChI is InChI=1S/C21H24Cl2N2O4S/c1-24(19-9-5-6-10-20(19)26)21(27)14-25(18-12-11-15(22)13-17(18)23)30(28,29)16-7-3-2-4-8-16/h2-4,7-8,11-13,19-20,26H,5-6,9-10,14H2,1H3. The zero-order valence-electron chi connectivity index (χ0n) is 16.5. The number of aliphatic hydroxyl groups is 1. The molecule has 162 valence electrons. The number of carbonyl (C=O) groups excluding carboxylic acids is 1. The van der Waals surface area contributed by atoms with Crippen molar-refractivity contribution >= 4 is 44.8 Å². The number of hydrogen-bond acceptors (Lipinski definition) is 4. The first-order chi connectivity index (χ1) is 14.2. The summed E-state index contributed by atoms with van der Waals surface area (Å²) < 4.78 is 27.8. The van der Waals surface area contributed by atoms with Crippen LogP contribution in [0.5, 0.6) is 0 Å². The Bertz CT molecular complexity index is 1000. The highest BCUT2D eigenvalue weighted by molar-refractivity contribution is 7.92. The molecule has 2 unspecified atom stereocenters. The topological polar surface area (TPSA) is 77.9 Å². The predicted molar refractivity (Wildman–Crippen MR) is 118 cm³/mol. The number of benzene rings is 2. The maximum absolute atomic E-state index is 13.4. The van der Waals surface area contributed by atoms with Gasteiger partial charge in [-0.2, -0.15) is 0 Å². The Hall–Kier alpha value is -1.80. The molecule has 0 aromatic heterocycles. The zero-order chi connectivity index (χ0) is 21.9. The number of rotatable bonds is 6. The number of nitrogens with zero attached hydrogens (tertiary/aromatic N) is 2. The molecule has 1 aliphatic carbocycles. The smallest absolute Gasteiger partial charge is 0.264 e. The van der Waals surface area contributed by atoms with Crippen LogP contribution in [0.15, 0.2) is 53.4 Å². The normalized spacial score (nSPS) is 19.3. The Labute approximate surface area is 187 Å². The van der Waals surface area contributed by atoms with Crippen LogP contribution in [0.25, 0.3) is 0 Å². The lowest BCUT2D eigenvalue weighted by atomic mass is 9.91. The van der Waals surface area contributed by atoms with Crippen molar-refractivity contribution in [1.29, 1.82) is 0 Å². The predicted octanol–water partition coefficient (Wildman–Crippen LogP) is 3.95. The largest absolute Gasteiger partial charge is 0.391 e. The minimum Gasteiger partial charge on any atom is -0.391 e. The monoisotopic (exact) mass is 470 g/mol. The molecule has 30 heavy (non-hydrogen) atoms. The summed E-state index contributed by atoms with van der Waals surface area (Å²) in [6, 6.07) is 12.0. The van der Waals surface area contributed by atoms with Gasteiger partial charge in [0.2, 0.25) is 5.91 Å². The Morgan fingerprint density at radius 3 is 2.40 bits per heavy atom. The van der Waals surface area contributed by atoms with Gasteiger partial charge in [-0.1, -0.05) is 54.2 Å². The van der Waals surface area contributed by atoms with E-state index < -0.39 is 28.6 Å². The van der Waals surface area contributed by atoms with Gasteiger partial charge >= 0.3 is 0 Å². The molecule has 1 aliphatic rings. The number of aliphatic hydroxyl groups excluding tert-OH is 1. The Balaban J connectivity index is 1.96. The quantitative estimate of drug-likeness (QED) is 0.692. The molecular weight excluding hydrogens is 447 g/mol. The average Bonchev–Trinajstić information content (AvgIpc) is 2.73. The lowest BCUT2D eigenvalue weighted by Gasteiger charge is -2.36. The maximum atomic E-state index is 13.4. The molecule has 6 nitrogen and oxygen atoms in total. The summed E-state index contributed by atoms with van der Waals surface area (Å²) in [7, 11) is -2.47. The van der Waals surface area contributed by atoms with Gasteiger partial charge in [0.05, 0.1) is 27.8 Å². The molecule has 0 spiro atoms. The highest BCUT2D eigenvalue weighted by Gasteiger charge is 2.33. The SMILES string of the molecule is CN(C(=O)CN(c1ccc(Cl)cc1Cl)S(=O)(=O)c1ccccc1)C1CCCCC1O. The van der Waals surface area contributed by atoms with Gasteiger partial charge in [-0.05, 0) is 43.2 Å². The van der Waals surface area contributed by atoms with Crippen LogP contribution in [0.3, 0.4) is 0 Å². The van der Waals surface area contributed by atoms with Crippen LogP contribution >= 0.6 is 23.2 Å². The Morgan fingerprint density at radius 2 is 1.77 bits per heavy atom. The second kappa shape index (κ2) is 9.56. The van der Waals surface area contributed by atoms with Crippen molar-refractivity contribution in [3.8, 4) is 0 Å². The molecule has 2 aromatic rings. The molecule has 2 aromatic carbocycles. The lowest BCUT2D eigenvalue weighted by molar-refractivity contribution is -0.133. The van der Waals surface area contributed by atoms with Gasteiger partial charge < -0.3 is 10.0 Å². The van der Waals surface area contributed by atoms with Crippen molar-refractivity contribution < 1.29 is 18.3 Å². The van der Waals surface area contributed by atoms with Crippen LogP contribution in [-0.4, -0.2) is 50.1 Å². The first kappa shape index (κ1) is 22.9. The summed E-state index contributed by atoms with van der Waals surface area (Å²) in [4.78, 5) is 14.6. The summed E-state index contributed by atoms with van der Waals surface area (Å²) in [5, 5.41) is 10.8. The molecule has 1 amide bonds. The minimum absolute atomic E-state index is 0.0455. The second-order valence-corrected chi connectivity index (χ2v) is 10.1. The van der Waals surface area contributed by atoms with Crippen molar-refractivity contribution in [2.45, 2.75) is 42.7 Å². The van der Waals surface area contributed by atoms with Crippen LogP contribution in [-0.2, 0) is 14.8 Å². The Kier molecular flexibility index (Phi) is 7.29. The number of amides is 1. The fourth-order valence-electron chi connectivity index (χ4n) is 3.67. The number of hydrogen-bond donors (Lipinski definition) is 1. The molecule has 1 saturated carbocycles. The van der Waals surface area contributed by atoms with Gasteiger partial charge in [-0.3, -0.25) is 9.10 Å². The molecular formula is C21H24Cl2N2O4S. The van der Waals surface area contributed by atoms with Crippen molar-refractivity contribution in [2.75, 3.05) is 17.9 Å². The average molecular weight is 471 g/mol. The van der Waals surface area contributed by atoms with Gasteiger partial charge in [0.1, 0.15) is 6.54 Å². The third-order valence-electron chi connectivity index (χ3n) is 5.37. The number of halogens is 2. The van der Waals surface area contributed by atoms with Gasteiger partial charge in [0, 0.05) is 12.1 Å². The number of carbonyl (C=O) groups is 1. The Morgan fingerprint density at radius 1 is 1.10 bits per heavy atom. The van der Waals surface area contributed by atoms with Crippen molar-refractivity contribution in [1.82, 2.24) is 4.90 Å². The van der Waals surface area contributed by atoms with Gasteiger partial charge in [0.25, 0.3) is 10.0 Å². The van der Waals surface area contributed by atoms with Gasteiger partial charge in [0.15, 0.2) is 0 Å². The van der Waals surface area contributed by atoms with E-state index in [4.69, 9.17) is 23.2 Å². The van der Waals surface area contributed by atoms with E-state index in [2.05, 4.69) is 0 Å². The van der Waals surface area contributed by atoms with E-state index >= 15 is 0 Å². The van der Waals surface area contributed by atoms with Gasteiger partial charge in [-0.25, -0.2) is 8.42 Å². The highest BCUT2D eigenvalue weighted by atomic mass is 35.5.